The molecule has 0 saturated heterocycles. The summed E-state index contributed by atoms with van der Waals surface area (Å²) in [7, 11) is 1.80. The van der Waals surface area contributed by atoms with Crippen LogP contribution in [-0.2, 0) is 11.2 Å². The first-order valence-electron chi connectivity index (χ1n) is 7.34. The van der Waals surface area contributed by atoms with Crippen LogP contribution in [0.1, 0.15) is 35.7 Å². The summed E-state index contributed by atoms with van der Waals surface area (Å²) in [6.45, 7) is 2.65. The van der Waals surface area contributed by atoms with Crippen LogP contribution in [-0.4, -0.2) is 52.7 Å². The Hall–Kier alpha value is -1.76. The highest BCUT2D eigenvalue weighted by atomic mass is 16.4. The molecule has 0 aliphatic heterocycles. The number of carbonyl (C=O) groups excluding carboxylic acids is 1. The fourth-order valence-electron chi connectivity index (χ4n) is 2.00. The van der Waals surface area contributed by atoms with E-state index in [1.54, 1.807) is 36.2 Å². The Morgan fingerprint density at radius 3 is 2.36 bits per heavy atom. The van der Waals surface area contributed by atoms with E-state index in [1.165, 1.54) is 0 Å². The molecule has 1 aromatic rings. The number of Topliss-reactive ketones (excluding diaryl/α,β-unsaturated/α-hetero) is 1. The number of carbonyl (C=O) groups is 2. The highest BCUT2D eigenvalue weighted by molar-refractivity contribution is 5.96. The third-order valence-corrected chi connectivity index (χ3v) is 3.69. The van der Waals surface area contributed by atoms with Crippen LogP contribution in [0.3, 0.4) is 0 Å². The number of nitrogens with two attached hydrogens (primary N) is 1. The van der Waals surface area contributed by atoms with E-state index in [0.717, 1.165) is 5.56 Å². The number of ketones is 1. The van der Waals surface area contributed by atoms with Gasteiger partial charge in [-0.2, -0.15) is 0 Å². The Labute approximate surface area is 130 Å². The van der Waals surface area contributed by atoms with Gasteiger partial charge in [-0.15, -0.1) is 0 Å². The van der Waals surface area contributed by atoms with Crippen LogP contribution in [0.4, 0.5) is 0 Å². The molecule has 6 nitrogen and oxygen atoms in total. The van der Waals surface area contributed by atoms with E-state index in [0.29, 0.717) is 18.5 Å². The smallest absolute Gasteiger partial charge is 0.320 e. The Balaban J connectivity index is 2.55. The number of hydrogen-bond acceptors (Lipinski definition) is 5. The van der Waals surface area contributed by atoms with Crippen molar-refractivity contribution in [3.8, 4) is 0 Å². The third kappa shape index (κ3) is 5.55. The average molecular weight is 308 g/mol. The van der Waals surface area contributed by atoms with Crippen molar-refractivity contribution in [3.63, 3.8) is 0 Å². The van der Waals surface area contributed by atoms with Gasteiger partial charge < -0.3 is 15.9 Å². The summed E-state index contributed by atoms with van der Waals surface area (Å²) >= 11 is 0. The fourth-order valence-corrected chi connectivity index (χ4v) is 2.00. The summed E-state index contributed by atoms with van der Waals surface area (Å²) in [5.41, 5.74) is 6.80. The maximum Gasteiger partial charge on any atom is 0.320 e. The van der Waals surface area contributed by atoms with Gasteiger partial charge in [-0.1, -0.05) is 31.2 Å². The largest absolute Gasteiger partial charge is 0.480 e. The number of rotatable bonds is 9. The van der Waals surface area contributed by atoms with Crippen molar-refractivity contribution in [1.29, 1.82) is 0 Å². The topological polar surface area (TPSA) is 104 Å². The molecule has 0 radical (unpaired) electrons. The summed E-state index contributed by atoms with van der Waals surface area (Å²) in [6.07, 6.45) is 0.250. The number of nitrogens with zero attached hydrogens (tertiary/aromatic N) is 1. The number of carboxylic acid groups (broad SMARTS) is 1. The van der Waals surface area contributed by atoms with Gasteiger partial charge >= 0.3 is 5.97 Å². The predicted molar refractivity (Wildman–Crippen MR) is 83.6 cm³/mol. The maximum atomic E-state index is 12.1. The van der Waals surface area contributed by atoms with Crippen molar-refractivity contribution in [3.05, 3.63) is 35.4 Å². The molecular weight excluding hydrogens is 284 g/mol. The molecule has 0 fully saturated rings. The lowest BCUT2D eigenvalue weighted by Gasteiger charge is -2.21. The van der Waals surface area contributed by atoms with Crippen LogP contribution in [0.5, 0.6) is 0 Å². The van der Waals surface area contributed by atoms with Crippen LogP contribution < -0.4 is 5.73 Å². The van der Waals surface area contributed by atoms with Gasteiger partial charge in [0.25, 0.3) is 0 Å². The van der Waals surface area contributed by atoms with Gasteiger partial charge in [0, 0.05) is 12.0 Å². The quantitative estimate of drug-likeness (QED) is 0.462. The second kappa shape index (κ2) is 8.63. The summed E-state index contributed by atoms with van der Waals surface area (Å²) in [5.74, 6) is -1.09. The average Bonchev–Trinajstić information content (AvgIpc) is 2.51. The van der Waals surface area contributed by atoms with Crippen LogP contribution in [0.25, 0.3) is 0 Å². The Morgan fingerprint density at radius 1 is 1.27 bits per heavy atom. The van der Waals surface area contributed by atoms with Crippen molar-refractivity contribution in [2.45, 2.75) is 38.5 Å². The highest BCUT2D eigenvalue weighted by Crippen LogP contribution is 2.11. The molecule has 2 unspecified atom stereocenters. The molecular formula is C16H24N2O4. The maximum absolute atomic E-state index is 12.1. The monoisotopic (exact) mass is 308 g/mol. The molecule has 1 aromatic carbocycles. The summed E-state index contributed by atoms with van der Waals surface area (Å²) in [4.78, 5) is 24.5. The van der Waals surface area contributed by atoms with Gasteiger partial charge in [0.05, 0.1) is 0 Å². The van der Waals surface area contributed by atoms with E-state index in [-0.39, 0.29) is 18.6 Å². The van der Waals surface area contributed by atoms with Crippen molar-refractivity contribution < 1.29 is 19.8 Å². The molecule has 4 N–H and O–H groups in total. The number of benzene rings is 1. The Bertz CT molecular complexity index is 501. The molecule has 0 bridgehead atoms. The number of carboxylic acids is 1. The van der Waals surface area contributed by atoms with Gasteiger partial charge in [-0.25, -0.2) is 0 Å². The molecule has 122 valence electrons. The number of aliphatic hydroxyl groups is 1. The fraction of sp³-hybridized carbons (Fsp3) is 0.500. The van der Waals surface area contributed by atoms with E-state index in [1.807, 2.05) is 6.92 Å². The van der Waals surface area contributed by atoms with Gasteiger partial charge in [-0.05, 0) is 32.0 Å². The van der Waals surface area contributed by atoms with E-state index in [4.69, 9.17) is 10.8 Å². The van der Waals surface area contributed by atoms with Crippen LogP contribution >= 0.6 is 0 Å². The number of aliphatic hydroxyl groups excluding tert-OH is 1. The molecule has 0 spiro atoms. The molecule has 6 heteroatoms. The van der Waals surface area contributed by atoms with Gasteiger partial charge in [0.15, 0.2) is 5.78 Å². The van der Waals surface area contributed by atoms with Gasteiger partial charge in [0.1, 0.15) is 12.3 Å². The Morgan fingerprint density at radius 2 is 1.86 bits per heavy atom. The van der Waals surface area contributed by atoms with Crippen molar-refractivity contribution in [2.24, 2.45) is 5.73 Å². The lowest BCUT2D eigenvalue weighted by molar-refractivity contribution is -0.138. The minimum Gasteiger partial charge on any atom is -0.480 e. The molecule has 0 saturated carbocycles. The van der Waals surface area contributed by atoms with Crippen molar-refractivity contribution >= 4 is 11.8 Å². The van der Waals surface area contributed by atoms with Crippen LogP contribution in [0.15, 0.2) is 24.3 Å². The normalized spacial score (nSPS) is 13.9. The van der Waals surface area contributed by atoms with E-state index >= 15 is 0 Å². The first-order valence-corrected chi connectivity index (χ1v) is 7.34. The standard InChI is InChI=1S/C16H24N2O4/c1-3-18(2)15(20)9-8-14(19)12-6-4-11(5-7-12)10-13(17)16(21)22/h4-7,13,15,20H,3,8-10,17H2,1-2H3,(H,21,22). The summed E-state index contributed by atoms with van der Waals surface area (Å²) in [6, 6.07) is 5.82. The summed E-state index contributed by atoms with van der Waals surface area (Å²) in [5, 5.41) is 18.6. The van der Waals surface area contributed by atoms with Crippen LogP contribution in [0.2, 0.25) is 0 Å². The molecule has 0 heterocycles. The zero-order valence-electron chi connectivity index (χ0n) is 13.0. The first-order chi connectivity index (χ1) is 10.3. The van der Waals surface area contributed by atoms with E-state index in [2.05, 4.69) is 0 Å². The van der Waals surface area contributed by atoms with Gasteiger partial charge in [-0.3, -0.25) is 14.5 Å². The molecule has 0 amide bonds. The molecule has 0 aromatic heterocycles. The zero-order chi connectivity index (χ0) is 16.7. The van der Waals surface area contributed by atoms with Crippen LogP contribution in [0, 0.1) is 0 Å². The third-order valence-electron chi connectivity index (χ3n) is 3.69. The van der Waals surface area contributed by atoms with Gasteiger partial charge in [0.2, 0.25) is 0 Å². The molecule has 2 atom stereocenters. The number of aliphatic carboxylic acids is 1. The SMILES string of the molecule is CCN(C)C(O)CCC(=O)c1ccc(CC(N)C(=O)O)cc1. The highest BCUT2D eigenvalue weighted by Gasteiger charge is 2.14. The minimum atomic E-state index is -1.05. The zero-order valence-corrected chi connectivity index (χ0v) is 13.0. The molecule has 0 aliphatic carbocycles. The number of hydrogen-bond donors (Lipinski definition) is 3. The lowest BCUT2D eigenvalue weighted by atomic mass is 10.0. The molecule has 22 heavy (non-hydrogen) atoms. The van der Waals surface area contributed by atoms with Crippen molar-refractivity contribution in [1.82, 2.24) is 4.90 Å². The second-order valence-electron chi connectivity index (χ2n) is 5.36. The second-order valence-corrected chi connectivity index (χ2v) is 5.36. The summed E-state index contributed by atoms with van der Waals surface area (Å²) < 4.78 is 0. The first kappa shape index (κ1) is 18.3. The minimum absolute atomic E-state index is 0.0439. The van der Waals surface area contributed by atoms with Crippen molar-refractivity contribution in [2.75, 3.05) is 13.6 Å². The van der Waals surface area contributed by atoms with E-state index < -0.39 is 18.2 Å². The molecule has 0 aliphatic rings. The predicted octanol–water partition coefficient (Wildman–Crippen LogP) is 0.874. The lowest BCUT2D eigenvalue weighted by Crippen LogP contribution is -2.32. The Kier molecular flexibility index (Phi) is 7.17. The van der Waals surface area contributed by atoms with E-state index in [9.17, 15) is 14.7 Å². The molecule has 1 rings (SSSR count).